The van der Waals surface area contributed by atoms with E-state index in [2.05, 4.69) is 16.7 Å². The number of fused-ring (bicyclic) bond motifs is 1. The average molecular weight is 445 g/mol. The van der Waals surface area contributed by atoms with Gasteiger partial charge in [-0.1, -0.05) is 54.7 Å². The largest absolute Gasteiger partial charge is 0.494 e. The number of unbranched alkanes of at least 4 members (excludes halogenated alkanes) is 2. The summed E-state index contributed by atoms with van der Waals surface area (Å²) >= 11 is 5.04. The first-order valence-electron chi connectivity index (χ1n) is 10.6. The van der Waals surface area contributed by atoms with E-state index in [9.17, 15) is 4.79 Å². The van der Waals surface area contributed by atoms with Crippen LogP contribution in [0.1, 0.15) is 31.2 Å². The maximum Gasteiger partial charge on any atom is 0.303 e. The van der Waals surface area contributed by atoms with Gasteiger partial charge in [-0.3, -0.25) is 9.36 Å². The Morgan fingerprint density at radius 2 is 1.78 bits per heavy atom. The van der Waals surface area contributed by atoms with Crippen LogP contribution in [0.15, 0.2) is 72.8 Å². The molecule has 1 aromatic heterocycles. The first-order valence-corrected chi connectivity index (χ1v) is 11.1. The molecule has 0 radical (unpaired) electrons. The van der Waals surface area contributed by atoms with Gasteiger partial charge in [0.15, 0.2) is 0 Å². The maximum absolute atomic E-state index is 10.6. The Kier molecular flexibility index (Phi) is 6.92. The average Bonchev–Trinajstić information content (AvgIpc) is 3.20. The van der Waals surface area contributed by atoms with Crippen molar-refractivity contribution in [1.82, 2.24) is 9.55 Å². The van der Waals surface area contributed by atoms with Crippen LogP contribution in [0, 0.1) is 0 Å². The molecule has 162 valence electrons. The van der Waals surface area contributed by atoms with E-state index < -0.39 is 5.97 Å². The number of hydrogen-bond donors (Lipinski definition) is 1. The number of aromatic nitrogens is 2. The van der Waals surface area contributed by atoms with E-state index in [1.807, 2.05) is 60.7 Å². The van der Waals surface area contributed by atoms with Crippen LogP contribution in [-0.4, -0.2) is 32.6 Å². The maximum atomic E-state index is 10.6. The first kappa shape index (κ1) is 21.7. The highest BCUT2D eigenvalue weighted by Crippen LogP contribution is 2.30. The number of carbonyl (C=O) groups is 1. The van der Waals surface area contributed by atoms with Crippen LogP contribution >= 0.6 is 12.2 Å². The third-order valence-electron chi connectivity index (χ3n) is 5.25. The van der Waals surface area contributed by atoms with Gasteiger partial charge in [0.05, 0.1) is 17.6 Å². The van der Waals surface area contributed by atoms with Crippen LogP contribution in [0.25, 0.3) is 28.1 Å². The van der Waals surface area contributed by atoms with Crippen molar-refractivity contribution in [1.29, 1.82) is 0 Å². The molecule has 0 amide bonds. The van der Waals surface area contributed by atoms with E-state index in [1.54, 1.807) is 5.37 Å². The molecule has 1 N–H and O–H groups in total. The minimum Gasteiger partial charge on any atom is -0.494 e. The van der Waals surface area contributed by atoms with Crippen molar-refractivity contribution in [3.05, 3.63) is 78.4 Å². The molecule has 4 aromatic rings. The highest BCUT2D eigenvalue weighted by molar-refractivity contribution is 7.79. The molecule has 0 saturated carbocycles. The van der Waals surface area contributed by atoms with Crippen LogP contribution < -0.4 is 4.74 Å². The fourth-order valence-electron chi connectivity index (χ4n) is 3.64. The lowest BCUT2D eigenvalue weighted by Crippen LogP contribution is -1.99. The second kappa shape index (κ2) is 10.2. The summed E-state index contributed by atoms with van der Waals surface area (Å²) in [6.45, 7) is 0.552. The number of ether oxygens (including phenoxy) is 1. The summed E-state index contributed by atoms with van der Waals surface area (Å²) in [5.41, 5.74) is 4.88. The predicted octanol–water partition coefficient (Wildman–Crippen LogP) is 6.06. The summed E-state index contributed by atoms with van der Waals surface area (Å²) in [7, 11) is 0. The highest BCUT2D eigenvalue weighted by Gasteiger charge is 2.15. The van der Waals surface area contributed by atoms with Gasteiger partial charge in [-0.15, -0.1) is 0 Å². The minimum atomic E-state index is -0.752. The summed E-state index contributed by atoms with van der Waals surface area (Å²) in [6.07, 6.45) is 2.53. The Morgan fingerprint density at radius 3 is 2.50 bits per heavy atom. The lowest BCUT2D eigenvalue weighted by Gasteiger charge is -2.10. The SMILES string of the molecule is O=C(O)CCCCCOc1ccc2c(c1)nc(-c1ccccc1)n2-c1ccc(C=S)cc1. The van der Waals surface area contributed by atoms with E-state index in [1.165, 1.54) is 0 Å². The number of rotatable bonds is 10. The fourth-order valence-corrected chi connectivity index (χ4v) is 3.80. The second-order valence-corrected chi connectivity index (χ2v) is 7.79. The fraction of sp³-hybridized carbons (Fsp3) is 0.192. The number of thiocarbonyl (C=S) groups is 1. The minimum absolute atomic E-state index is 0.205. The van der Waals surface area contributed by atoms with Crippen molar-refractivity contribution in [2.75, 3.05) is 6.61 Å². The van der Waals surface area contributed by atoms with E-state index in [0.29, 0.717) is 13.0 Å². The van der Waals surface area contributed by atoms with Crippen molar-refractivity contribution in [2.24, 2.45) is 0 Å². The molecular formula is C26H24N2O3S. The molecule has 0 atom stereocenters. The smallest absolute Gasteiger partial charge is 0.303 e. The molecule has 0 unspecified atom stereocenters. The normalized spacial score (nSPS) is 10.9. The molecule has 1 heterocycles. The number of imidazole rings is 1. The van der Waals surface area contributed by atoms with Gasteiger partial charge in [-0.05, 0) is 49.1 Å². The van der Waals surface area contributed by atoms with Crippen molar-refractivity contribution in [3.8, 4) is 22.8 Å². The van der Waals surface area contributed by atoms with E-state index in [4.69, 9.17) is 27.0 Å². The lowest BCUT2D eigenvalue weighted by molar-refractivity contribution is -0.137. The van der Waals surface area contributed by atoms with Crippen LogP contribution in [0.5, 0.6) is 5.75 Å². The molecule has 4 rings (SSSR count). The quantitative estimate of drug-likeness (QED) is 0.238. The summed E-state index contributed by atoms with van der Waals surface area (Å²) in [6, 6.07) is 24.2. The Hall–Kier alpha value is -3.51. The van der Waals surface area contributed by atoms with Gasteiger partial charge in [0.25, 0.3) is 0 Å². The zero-order valence-electron chi connectivity index (χ0n) is 17.6. The Balaban J connectivity index is 1.62. The van der Waals surface area contributed by atoms with Crippen LogP contribution in [0.3, 0.4) is 0 Å². The van der Waals surface area contributed by atoms with Crippen LogP contribution in [-0.2, 0) is 4.79 Å². The predicted molar refractivity (Wildman–Crippen MR) is 131 cm³/mol. The number of carboxylic acid groups (broad SMARTS) is 1. The van der Waals surface area contributed by atoms with Gasteiger partial charge >= 0.3 is 5.97 Å². The van der Waals surface area contributed by atoms with E-state index >= 15 is 0 Å². The number of benzene rings is 3. The van der Waals surface area contributed by atoms with Crippen molar-refractivity contribution in [3.63, 3.8) is 0 Å². The molecule has 0 spiro atoms. The molecule has 0 fully saturated rings. The zero-order valence-corrected chi connectivity index (χ0v) is 18.4. The lowest BCUT2D eigenvalue weighted by atomic mass is 10.2. The summed E-state index contributed by atoms with van der Waals surface area (Å²) in [5.74, 6) is 0.871. The van der Waals surface area contributed by atoms with Gasteiger partial charge < -0.3 is 9.84 Å². The zero-order chi connectivity index (χ0) is 22.3. The molecule has 0 bridgehead atoms. The summed E-state index contributed by atoms with van der Waals surface area (Å²) in [5, 5.41) is 10.4. The van der Waals surface area contributed by atoms with Crippen molar-refractivity contribution in [2.45, 2.75) is 25.7 Å². The second-order valence-electron chi connectivity index (χ2n) is 7.55. The Morgan fingerprint density at radius 1 is 1.00 bits per heavy atom. The third kappa shape index (κ3) is 5.03. The van der Waals surface area contributed by atoms with Crippen LogP contribution in [0.4, 0.5) is 0 Å². The molecule has 0 aliphatic heterocycles. The van der Waals surface area contributed by atoms with E-state index in [0.717, 1.165) is 52.3 Å². The van der Waals surface area contributed by atoms with Gasteiger partial charge in [-0.25, -0.2) is 4.98 Å². The summed E-state index contributed by atoms with van der Waals surface area (Å²) in [4.78, 5) is 15.5. The van der Waals surface area contributed by atoms with Gasteiger partial charge in [0.2, 0.25) is 0 Å². The van der Waals surface area contributed by atoms with Crippen molar-refractivity contribution >= 4 is 34.6 Å². The molecule has 5 nitrogen and oxygen atoms in total. The first-order chi connectivity index (χ1) is 15.7. The standard InChI is InChI=1S/C26H24N2O3S/c29-25(30)9-5-2-6-16-31-22-14-15-24-23(17-22)27-26(20-7-3-1-4-8-20)28(24)21-12-10-19(18-32)11-13-21/h1,3-4,7-8,10-15,17-18H,2,5-6,9,16H2,(H,29,30). The number of aliphatic carboxylic acids is 1. The molecule has 6 heteroatoms. The van der Waals surface area contributed by atoms with Gasteiger partial charge in [0, 0.05) is 29.1 Å². The molecule has 0 aliphatic carbocycles. The van der Waals surface area contributed by atoms with Crippen molar-refractivity contribution < 1.29 is 14.6 Å². The number of hydrogen-bond acceptors (Lipinski definition) is 4. The molecular weight excluding hydrogens is 420 g/mol. The topological polar surface area (TPSA) is 64.3 Å². The third-order valence-corrected chi connectivity index (χ3v) is 5.52. The van der Waals surface area contributed by atoms with Gasteiger partial charge in [-0.2, -0.15) is 0 Å². The molecule has 32 heavy (non-hydrogen) atoms. The molecule has 0 aliphatic rings. The highest BCUT2D eigenvalue weighted by atomic mass is 32.1. The molecule has 0 saturated heterocycles. The Labute approximate surface area is 192 Å². The van der Waals surface area contributed by atoms with Gasteiger partial charge in [0.1, 0.15) is 11.6 Å². The summed E-state index contributed by atoms with van der Waals surface area (Å²) < 4.78 is 8.05. The molecule has 3 aromatic carbocycles. The Bertz CT molecular complexity index is 1220. The van der Waals surface area contributed by atoms with E-state index in [-0.39, 0.29) is 6.42 Å². The monoisotopic (exact) mass is 444 g/mol. The number of nitrogens with zero attached hydrogens (tertiary/aromatic N) is 2. The number of carboxylic acids is 1. The van der Waals surface area contributed by atoms with Crippen LogP contribution in [0.2, 0.25) is 0 Å².